The van der Waals surface area contributed by atoms with Crippen LogP contribution in [0.2, 0.25) is 5.02 Å². The van der Waals surface area contributed by atoms with Crippen LogP contribution in [0.1, 0.15) is 31.4 Å². The predicted octanol–water partition coefficient (Wildman–Crippen LogP) is 4.52. The Bertz CT molecular complexity index is 986. The molecule has 1 saturated carbocycles. The third-order valence-electron chi connectivity index (χ3n) is 4.50. The second-order valence-electron chi connectivity index (χ2n) is 6.30. The van der Waals surface area contributed by atoms with Gasteiger partial charge in [-0.2, -0.15) is 5.26 Å². The molecule has 4 rings (SSSR count). The van der Waals surface area contributed by atoms with Crippen LogP contribution >= 0.6 is 11.6 Å². The molecule has 1 aliphatic carbocycles. The lowest BCUT2D eigenvalue weighted by atomic mass is 10.2. The summed E-state index contributed by atoms with van der Waals surface area (Å²) in [7, 11) is 0. The van der Waals surface area contributed by atoms with Crippen molar-refractivity contribution in [2.45, 2.75) is 31.8 Å². The molecule has 0 saturated heterocycles. The topological polar surface area (TPSA) is 87.5 Å². The van der Waals surface area contributed by atoms with E-state index in [1.165, 1.54) is 12.1 Å². The van der Waals surface area contributed by atoms with Crippen LogP contribution in [0.5, 0.6) is 6.01 Å². The van der Waals surface area contributed by atoms with E-state index in [0.29, 0.717) is 17.3 Å². The van der Waals surface area contributed by atoms with Crippen LogP contribution in [0.3, 0.4) is 0 Å². The van der Waals surface area contributed by atoms with Crippen LogP contribution in [0.4, 0.5) is 4.39 Å². The first kappa shape index (κ1) is 17.4. The van der Waals surface area contributed by atoms with Gasteiger partial charge in [0.25, 0.3) is 0 Å². The SMILES string of the molecule is N#Cc1nc(-c2c(F)cccc2Cl)[nH]c1-c1cnc(OC2CCCC2)nc1. The molecule has 3 aromatic rings. The maximum atomic E-state index is 14.2. The number of nitrogens with zero attached hydrogens (tertiary/aromatic N) is 4. The highest BCUT2D eigenvalue weighted by Crippen LogP contribution is 2.32. The second kappa shape index (κ2) is 7.33. The van der Waals surface area contributed by atoms with Crippen molar-refractivity contribution in [1.29, 1.82) is 5.26 Å². The van der Waals surface area contributed by atoms with Crippen LogP contribution in [0.25, 0.3) is 22.6 Å². The Kier molecular flexibility index (Phi) is 4.73. The van der Waals surface area contributed by atoms with Crippen molar-refractivity contribution in [3.05, 3.63) is 47.1 Å². The highest BCUT2D eigenvalue weighted by Gasteiger charge is 2.20. The minimum absolute atomic E-state index is 0.109. The van der Waals surface area contributed by atoms with E-state index >= 15 is 0 Å². The molecular formula is C19H15ClFN5O. The number of benzene rings is 1. The van der Waals surface area contributed by atoms with Gasteiger partial charge < -0.3 is 9.72 Å². The smallest absolute Gasteiger partial charge is 0.316 e. The summed E-state index contributed by atoms with van der Waals surface area (Å²) in [5.41, 5.74) is 1.18. The number of aromatic amines is 1. The van der Waals surface area contributed by atoms with Gasteiger partial charge in [0.05, 0.1) is 16.3 Å². The van der Waals surface area contributed by atoms with Crippen LogP contribution < -0.4 is 4.74 Å². The molecule has 0 aliphatic heterocycles. The minimum atomic E-state index is -0.524. The molecular weight excluding hydrogens is 369 g/mol. The highest BCUT2D eigenvalue weighted by molar-refractivity contribution is 6.33. The first-order chi connectivity index (χ1) is 13.2. The Morgan fingerprint density at radius 1 is 1.22 bits per heavy atom. The average Bonchev–Trinajstić information content (AvgIpc) is 3.32. The van der Waals surface area contributed by atoms with Gasteiger partial charge in [0, 0.05) is 18.0 Å². The Morgan fingerprint density at radius 2 is 1.96 bits per heavy atom. The number of halogens is 2. The van der Waals surface area contributed by atoms with Crippen molar-refractivity contribution >= 4 is 11.6 Å². The summed E-state index contributed by atoms with van der Waals surface area (Å²) in [5, 5.41) is 9.60. The fourth-order valence-corrected chi connectivity index (χ4v) is 3.42. The summed E-state index contributed by atoms with van der Waals surface area (Å²) in [6.45, 7) is 0. The molecule has 8 heteroatoms. The normalized spacial score (nSPS) is 14.3. The molecule has 2 heterocycles. The van der Waals surface area contributed by atoms with E-state index in [0.717, 1.165) is 25.7 Å². The molecule has 0 atom stereocenters. The van der Waals surface area contributed by atoms with E-state index in [1.54, 1.807) is 18.5 Å². The number of rotatable bonds is 4. The lowest BCUT2D eigenvalue weighted by molar-refractivity contribution is 0.192. The molecule has 0 bridgehead atoms. The van der Waals surface area contributed by atoms with Crippen molar-refractivity contribution in [2.75, 3.05) is 0 Å². The quantitative estimate of drug-likeness (QED) is 0.715. The van der Waals surface area contributed by atoms with Crippen molar-refractivity contribution in [3.8, 4) is 34.7 Å². The number of H-pyrrole nitrogens is 1. The van der Waals surface area contributed by atoms with Gasteiger partial charge in [0.15, 0.2) is 5.69 Å². The Hall–Kier alpha value is -2.98. The van der Waals surface area contributed by atoms with Crippen LogP contribution in [-0.2, 0) is 0 Å². The number of nitriles is 1. The van der Waals surface area contributed by atoms with Gasteiger partial charge in [-0.25, -0.2) is 19.3 Å². The summed E-state index contributed by atoms with van der Waals surface area (Å²) in [6, 6.07) is 6.66. The fourth-order valence-electron chi connectivity index (χ4n) is 3.17. The molecule has 0 radical (unpaired) electrons. The van der Waals surface area contributed by atoms with E-state index in [-0.39, 0.29) is 28.2 Å². The second-order valence-corrected chi connectivity index (χ2v) is 6.70. The van der Waals surface area contributed by atoms with Crippen molar-refractivity contribution < 1.29 is 9.13 Å². The van der Waals surface area contributed by atoms with E-state index in [9.17, 15) is 9.65 Å². The predicted molar refractivity (Wildman–Crippen MR) is 97.6 cm³/mol. The number of aromatic nitrogens is 4. The van der Waals surface area contributed by atoms with Gasteiger partial charge in [-0.1, -0.05) is 17.7 Å². The summed E-state index contributed by atoms with van der Waals surface area (Å²) in [6.07, 6.45) is 7.60. The van der Waals surface area contributed by atoms with Crippen LogP contribution in [0.15, 0.2) is 30.6 Å². The Balaban J connectivity index is 1.66. The highest BCUT2D eigenvalue weighted by atomic mass is 35.5. The average molecular weight is 384 g/mol. The molecule has 2 aromatic heterocycles. The van der Waals surface area contributed by atoms with Gasteiger partial charge >= 0.3 is 6.01 Å². The molecule has 6 nitrogen and oxygen atoms in total. The molecule has 1 aliphatic rings. The van der Waals surface area contributed by atoms with Crippen molar-refractivity contribution in [3.63, 3.8) is 0 Å². The third-order valence-corrected chi connectivity index (χ3v) is 4.82. The first-order valence-electron chi connectivity index (χ1n) is 8.59. The van der Waals surface area contributed by atoms with E-state index in [4.69, 9.17) is 16.3 Å². The number of hydrogen-bond donors (Lipinski definition) is 1. The summed E-state index contributed by atoms with van der Waals surface area (Å²) < 4.78 is 19.9. The van der Waals surface area contributed by atoms with E-state index in [2.05, 4.69) is 19.9 Å². The summed E-state index contributed by atoms with van der Waals surface area (Å²) in [5.74, 6) is -0.347. The molecule has 1 aromatic carbocycles. The lowest BCUT2D eigenvalue weighted by Gasteiger charge is -2.10. The van der Waals surface area contributed by atoms with Crippen LogP contribution in [0, 0.1) is 17.1 Å². The lowest BCUT2D eigenvalue weighted by Crippen LogP contribution is -2.12. The Morgan fingerprint density at radius 3 is 2.63 bits per heavy atom. The molecule has 1 N–H and O–H groups in total. The van der Waals surface area contributed by atoms with Gasteiger partial charge in [0.2, 0.25) is 0 Å². The van der Waals surface area contributed by atoms with E-state index in [1.807, 2.05) is 6.07 Å². The van der Waals surface area contributed by atoms with Crippen molar-refractivity contribution in [1.82, 2.24) is 19.9 Å². The maximum absolute atomic E-state index is 14.2. The van der Waals surface area contributed by atoms with Gasteiger partial charge in [-0.15, -0.1) is 0 Å². The van der Waals surface area contributed by atoms with Gasteiger partial charge in [-0.3, -0.25) is 0 Å². The standard InChI is InChI=1S/C19H15ClFN5O/c20-13-6-3-7-14(21)16(13)18-25-15(8-22)17(26-18)11-9-23-19(24-10-11)27-12-4-1-2-5-12/h3,6-7,9-10,12H,1-2,4-5H2,(H,25,26). The van der Waals surface area contributed by atoms with Gasteiger partial charge in [0.1, 0.15) is 23.8 Å². The minimum Gasteiger partial charge on any atom is -0.460 e. The number of hydrogen-bond acceptors (Lipinski definition) is 5. The van der Waals surface area contributed by atoms with E-state index < -0.39 is 5.82 Å². The largest absolute Gasteiger partial charge is 0.460 e. The molecule has 0 spiro atoms. The number of imidazole rings is 1. The number of nitrogens with one attached hydrogen (secondary N) is 1. The molecule has 1 fully saturated rings. The fraction of sp³-hybridized carbons (Fsp3) is 0.263. The molecule has 0 unspecified atom stereocenters. The summed E-state index contributed by atoms with van der Waals surface area (Å²) in [4.78, 5) is 15.6. The zero-order valence-electron chi connectivity index (χ0n) is 14.2. The Labute approximate surface area is 160 Å². The first-order valence-corrected chi connectivity index (χ1v) is 8.97. The van der Waals surface area contributed by atoms with Gasteiger partial charge in [-0.05, 0) is 37.8 Å². The monoisotopic (exact) mass is 383 g/mol. The molecule has 0 amide bonds. The van der Waals surface area contributed by atoms with Crippen LogP contribution in [-0.4, -0.2) is 26.0 Å². The van der Waals surface area contributed by atoms with Crippen molar-refractivity contribution in [2.24, 2.45) is 0 Å². The third kappa shape index (κ3) is 3.49. The summed E-state index contributed by atoms with van der Waals surface area (Å²) >= 11 is 6.09. The molecule has 27 heavy (non-hydrogen) atoms. The number of ether oxygens (including phenoxy) is 1. The zero-order valence-corrected chi connectivity index (χ0v) is 15.0. The zero-order chi connectivity index (χ0) is 18.8. The maximum Gasteiger partial charge on any atom is 0.316 e. The molecule has 136 valence electrons.